The van der Waals surface area contributed by atoms with Gasteiger partial charge in [0.05, 0.1) is 10.7 Å². The van der Waals surface area contributed by atoms with E-state index in [0.29, 0.717) is 34.0 Å². The zero-order valence-electron chi connectivity index (χ0n) is 13.8. The Bertz CT molecular complexity index is 932. The molecule has 0 unspecified atom stereocenters. The molecule has 1 amide bonds. The molecule has 4 rings (SSSR count). The largest absolute Gasteiger partial charge is 0.330 e. The summed E-state index contributed by atoms with van der Waals surface area (Å²) < 4.78 is 14.8. The van der Waals surface area contributed by atoms with Crippen LogP contribution in [0, 0.1) is 5.82 Å². The van der Waals surface area contributed by atoms with Crippen LogP contribution in [0.4, 0.5) is 10.1 Å². The summed E-state index contributed by atoms with van der Waals surface area (Å²) in [5, 5.41) is 3.18. The molecule has 1 heterocycles. The van der Waals surface area contributed by atoms with Crippen LogP contribution in [0.3, 0.4) is 0 Å². The maximum absolute atomic E-state index is 14.8. The number of rotatable bonds is 3. The first-order valence-corrected chi connectivity index (χ1v) is 8.69. The molecule has 0 bridgehead atoms. The topological polar surface area (TPSA) is 55.1 Å². The van der Waals surface area contributed by atoms with Gasteiger partial charge in [0, 0.05) is 34.2 Å². The number of amides is 1. The maximum Gasteiger partial charge on any atom is 0.256 e. The lowest BCUT2D eigenvalue weighted by atomic mass is 9.92. The van der Waals surface area contributed by atoms with Gasteiger partial charge < -0.3 is 11.1 Å². The lowest BCUT2D eigenvalue weighted by Gasteiger charge is -2.15. The number of nitrogens with two attached hydrogens (primary N) is 1. The van der Waals surface area contributed by atoms with Gasteiger partial charge in [-0.3, -0.25) is 4.79 Å². The summed E-state index contributed by atoms with van der Waals surface area (Å²) in [5.41, 5.74) is 9.71. The second kappa shape index (κ2) is 5.68. The van der Waals surface area contributed by atoms with E-state index in [2.05, 4.69) is 5.32 Å². The van der Waals surface area contributed by atoms with Gasteiger partial charge in [0.15, 0.2) is 0 Å². The van der Waals surface area contributed by atoms with Crippen LogP contribution in [-0.2, 0) is 10.2 Å². The summed E-state index contributed by atoms with van der Waals surface area (Å²) in [6.45, 7) is 2.33. The third-order valence-corrected chi connectivity index (χ3v) is 5.61. The highest BCUT2D eigenvalue weighted by Gasteiger charge is 2.43. The molecular formula is C20H18ClFN2O. The van der Waals surface area contributed by atoms with E-state index in [4.69, 9.17) is 17.3 Å². The van der Waals surface area contributed by atoms with Gasteiger partial charge >= 0.3 is 0 Å². The number of nitrogens with one attached hydrogen (secondary N) is 1. The lowest BCUT2D eigenvalue weighted by molar-refractivity contribution is -0.110. The summed E-state index contributed by atoms with van der Waals surface area (Å²) in [4.78, 5) is 12.0. The molecule has 1 fully saturated rings. The van der Waals surface area contributed by atoms with Crippen LogP contribution in [-0.4, -0.2) is 12.5 Å². The number of halogens is 2. The molecule has 0 aromatic heterocycles. The van der Waals surface area contributed by atoms with E-state index in [1.165, 1.54) is 0 Å². The highest BCUT2D eigenvalue weighted by atomic mass is 35.5. The van der Waals surface area contributed by atoms with Gasteiger partial charge in [-0.2, -0.15) is 0 Å². The van der Waals surface area contributed by atoms with E-state index in [-0.39, 0.29) is 17.1 Å². The number of carbonyl (C=O) groups excluding carboxylic acids is 1. The Balaban J connectivity index is 1.81. The minimum absolute atomic E-state index is 0.0600. The normalized spacial score (nSPS) is 19.0. The summed E-state index contributed by atoms with van der Waals surface area (Å²) in [7, 11) is 0. The Morgan fingerprint density at radius 3 is 2.60 bits per heavy atom. The van der Waals surface area contributed by atoms with Gasteiger partial charge in [-0.05, 0) is 43.5 Å². The smallest absolute Gasteiger partial charge is 0.256 e. The SMILES string of the molecule is C/C=C1\C(=O)Nc2cc(Cl)c(-c3ccc(C4(CN)CC4)cc3F)cc21. The van der Waals surface area contributed by atoms with E-state index in [0.717, 1.165) is 24.0 Å². The van der Waals surface area contributed by atoms with Crippen LogP contribution < -0.4 is 11.1 Å². The van der Waals surface area contributed by atoms with Crippen LogP contribution in [0.15, 0.2) is 36.4 Å². The van der Waals surface area contributed by atoms with Crippen molar-refractivity contribution < 1.29 is 9.18 Å². The summed E-state index contributed by atoms with van der Waals surface area (Å²) >= 11 is 6.36. The molecule has 3 nitrogen and oxygen atoms in total. The molecule has 1 aliphatic carbocycles. The van der Waals surface area contributed by atoms with Crippen LogP contribution in [0.2, 0.25) is 5.02 Å². The highest BCUT2D eigenvalue weighted by molar-refractivity contribution is 6.36. The number of anilines is 1. The minimum Gasteiger partial charge on any atom is -0.330 e. The van der Waals surface area contributed by atoms with Gasteiger partial charge in [-0.25, -0.2) is 4.39 Å². The molecule has 25 heavy (non-hydrogen) atoms. The van der Waals surface area contributed by atoms with Gasteiger partial charge in [0.2, 0.25) is 0 Å². The van der Waals surface area contributed by atoms with Crippen molar-refractivity contribution in [3.05, 3.63) is 58.4 Å². The molecule has 2 aromatic carbocycles. The first-order chi connectivity index (χ1) is 12.0. The molecule has 2 aliphatic rings. The van der Waals surface area contributed by atoms with Gasteiger partial charge in [0.25, 0.3) is 5.91 Å². The summed E-state index contributed by atoms with van der Waals surface area (Å²) in [6.07, 6.45) is 3.75. The van der Waals surface area contributed by atoms with Crippen molar-refractivity contribution in [2.75, 3.05) is 11.9 Å². The average Bonchev–Trinajstić information content (AvgIpc) is 3.33. The monoisotopic (exact) mass is 356 g/mol. The number of allylic oxidation sites excluding steroid dienone is 1. The summed E-state index contributed by atoms with van der Waals surface area (Å²) in [5.74, 6) is -0.487. The van der Waals surface area contributed by atoms with Crippen molar-refractivity contribution in [2.45, 2.75) is 25.2 Å². The fraction of sp³-hybridized carbons (Fsp3) is 0.250. The molecule has 3 N–H and O–H groups in total. The van der Waals surface area contributed by atoms with E-state index >= 15 is 0 Å². The van der Waals surface area contributed by atoms with Crippen LogP contribution in [0.25, 0.3) is 16.7 Å². The van der Waals surface area contributed by atoms with Crippen molar-refractivity contribution in [2.24, 2.45) is 5.73 Å². The van der Waals surface area contributed by atoms with Crippen molar-refractivity contribution in [1.29, 1.82) is 0 Å². The van der Waals surface area contributed by atoms with Crippen molar-refractivity contribution >= 4 is 28.8 Å². The maximum atomic E-state index is 14.8. The molecule has 1 aliphatic heterocycles. The van der Waals surface area contributed by atoms with E-state index in [1.807, 2.05) is 6.07 Å². The number of benzene rings is 2. The van der Waals surface area contributed by atoms with E-state index in [1.54, 1.807) is 37.3 Å². The quantitative estimate of drug-likeness (QED) is 0.796. The van der Waals surface area contributed by atoms with Gasteiger partial charge in [0.1, 0.15) is 5.82 Å². The molecular weight excluding hydrogens is 339 g/mol. The third-order valence-electron chi connectivity index (χ3n) is 5.29. The van der Waals surface area contributed by atoms with Gasteiger partial charge in [-0.15, -0.1) is 0 Å². The molecule has 5 heteroatoms. The molecule has 0 spiro atoms. The first kappa shape index (κ1) is 16.3. The molecule has 128 valence electrons. The van der Waals surface area contributed by atoms with Crippen LogP contribution in [0.5, 0.6) is 0 Å². The van der Waals surface area contributed by atoms with Crippen LogP contribution in [0.1, 0.15) is 30.9 Å². The highest BCUT2D eigenvalue weighted by Crippen LogP contribution is 2.48. The molecule has 2 aromatic rings. The molecule has 0 atom stereocenters. The summed E-state index contributed by atoms with van der Waals surface area (Å²) in [6, 6.07) is 8.71. The van der Waals surface area contributed by atoms with E-state index < -0.39 is 0 Å². The minimum atomic E-state index is -0.321. The van der Waals surface area contributed by atoms with Crippen molar-refractivity contribution in [3.63, 3.8) is 0 Å². The predicted molar refractivity (Wildman–Crippen MR) is 99.1 cm³/mol. The molecule has 1 saturated carbocycles. The second-order valence-corrected chi connectivity index (χ2v) is 7.12. The predicted octanol–water partition coefficient (Wildman–Crippen LogP) is 4.49. The second-order valence-electron chi connectivity index (χ2n) is 6.71. The Morgan fingerprint density at radius 1 is 1.24 bits per heavy atom. The van der Waals surface area contributed by atoms with Gasteiger partial charge in [-0.1, -0.05) is 29.8 Å². The Kier molecular flexibility index (Phi) is 3.71. The van der Waals surface area contributed by atoms with Crippen molar-refractivity contribution in [3.8, 4) is 11.1 Å². The number of fused-ring (bicyclic) bond motifs is 1. The number of hydrogen-bond donors (Lipinski definition) is 2. The number of hydrogen-bond acceptors (Lipinski definition) is 2. The average molecular weight is 357 g/mol. The van der Waals surface area contributed by atoms with Crippen LogP contribution >= 0.6 is 11.6 Å². The Morgan fingerprint density at radius 2 is 2.00 bits per heavy atom. The van der Waals surface area contributed by atoms with E-state index in [9.17, 15) is 9.18 Å². The standard InChI is InChI=1S/C20H18ClFN2O/c1-2-12-15-8-14(16(21)9-18(15)24-19(12)25)13-4-3-11(7-17(13)22)20(10-23)5-6-20/h2-4,7-9H,5-6,10,23H2,1H3,(H,24,25)/b12-2-. The number of carbonyl (C=O) groups is 1. The van der Waals surface area contributed by atoms with Crippen molar-refractivity contribution in [1.82, 2.24) is 0 Å². The lowest BCUT2D eigenvalue weighted by Crippen LogP contribution is -2.19. The Labute approximate surface area is 150 Å². The molecule has 0 radical (unpaired) electrons. The zero-order valence-corrected chi connectivity index (χ0v) is 14.6. The Hall–Kier alpha value is -2.17. The fourth-order valence-corrected chi connectivity index (χ4v) is 3.79. The first-order valence-electron chi connectivity index (χ1n) is 8.31. The molecule has 0 saturated heterocycles. The fourth-order valence-electron chi connectivity index (χ4n) is 3.53. The zero-order chi connectivity index (χ0) is 17.8. The third kappa shape index (κ3) is 2.48.